The highest BCUT2D eigenvalue weighted by molar-refractivity contribution is 6.11. The lowest BCUT2D eigenvalue weighted by molar-refractivity contribution is 1.17. The number of hydrogen-bond donors (Lipinski definition) is 0. The van der Waals surface area contributed by atoms with Gasteiger partial charge in [-0.1, -0.05) is 84.9 Å². The van der Waals surface area contributed by atoms with Crippen LogP contribution in [0.1, 0.15) is 11.1 Å². The van der Waals surface area contributed by atoms with Crippen LogP contribution in [0.4, 0.5) is 0 Å². The van der Waals surface area contributed by atoms with Gasteiger partial charge in [-0.2, -0.15) is 0 Å². The van der Waals surface area contributed by atoms with Crippen LogP contribution in [0, 0.1) is 13.8 Å². The predicted molar refractivity (Wildman–Crippen MR) is 154 cm³/mol. The minimum absolute atomic E-state index is 0.739. The van der Waals surface area contributed by atoms with Crippen molar-refractivity contribution in [2.45, 2.75) is 13.8 Å². The molecule has 0 bridgehead atoms. The second kappa shape index (κ2) is 8.42. The Hall–Kier alpha value is -4.76. The molecule has 0 atom stereocenters. The van der Waals surface area contributed by atoms with Crippen LogP contribution in [0.2, 0.25) is 0 Å². The van der Waals surface area contributed by atoms with Crippen LogP contribution in [-0.4, -0.2) is 14.5 Å². The normalized spacial score (nSPS) is 11.5. The van der Waals surface area contributed by atoms with Crippen molar-refractivity contribution in [3.8, 4) is 28.3 Å². The van der Waals surface area contributed by atoms with E-state index in [9.17, 15) is 0 Å². The zero-order chi connectivity index (χ0) is 24.9. The van der Waals surface area contributed by atoms with Gasteiger partial charge in [-0.15, -0.1) is 0 Å². The summed E-state index contributed by atoms with van der Waals surface area (Å²) in [7, 11) is 0. The molecule has 0 unspecified atom stereocenters. The van der Waals surface area contributed by atoms with Crippen molar-refractivity contribution in [3.63, 3.8) is 0 Å². The SMILES string of the molecule is Cc1ccc2c(c1C)c1ccccc1n2-c1ccc2nc(-c3ccccc3)nc(-c3ccccc3)c2c1. The minimum Gasteiger partial charge on any atom is -0.309 e. The highest BCUT2D eigenvalue weighted by atomic mass is 15.0. The third-order valence-electron chi connectivity index (χ3n) is 7.39. The summed E-state index contributed by atoms with van der Waals surface area (Å²) in [5.41, 5.74) is 10.1. The van der Waals surface area contributed by atoms with Gasteiger partial charge in [0.05, 0.1) is 22.2 Å². The zero-order valence-electron chi connectivity index (χ0n) is 20.8. The topological polar surface area (TPSA) is 30.7 Å². The summed E-state index contributed by atoms with van der Waals surface area (Å²) in [4.78, 5) is 10.1. The molecule has 0 amide bonds. The quantitative estimate of drug-likeness (QED) is 0.256. The third kappa shape index (κ3) is 3.43. The largest absolute Gasteiger partial charge is 0.309 e. The van der Waals surface area contributed by atoms with E-state index in [0.717, 1.165) is 39.2 Å². The van der Waals surface area contributed by atoms with Crippen molar-refractivity contribution in [3.05, 3.63) is 126 Å². The van der Waals surface area contributed by atoms with E-state index < -0.39 is 0 Å². The molecule has 3 nitrogen and oxygen atoms in total. The van der Waals surface area contributed by atoms with Crippen LogP contribution in [0.3, 0.4) is 0 Å². The summed E-state index contributed by atoms with van der Waals surface area (Å²) < 4.78 is 2.37. The Bertz CT molecular complexity index is 1930. The number of rotatable bonds is 3. The Morgan fingerprint density at radius 2 is 1.27 bits per heavy atom. The van der Waals surface area contributed by atoms with E-state index in [1.54, 1.807) is 0 Å². The van der Waals surface area contributed by atoms with Crippen LogP contribution in [0.5, 0.6) is 0 Å². The molecule has 2 heterocycles. The van der Waals surface area contributed by atoms with Gasteiger partial charge >= 0.3 is 0 Å². The first-order chi connectivity index (χ1) is 18.2. The number of nitrogens with zero attached hydrogens (tertiary/aromatic N) is 3. The van der Waals surface area contributed by atoms with Crippen LogP contribution >= 0.6 is 0 Å². The lowest BCUT2D eigenvalue weighted by atomic mass is 10.0. The maximum atomic E-state index is 5.09. The van der Waals surface area contributed by atoms with Gasteiger partial charge in [-0.25, -0.2) is 9.97 Å². The maximum Gasteiger partial charge on any atom is 0.160 e. The molecule has 0 saturated heterocycles. The molecule has 5 aromatic carbocycles. The molecular weight excluding hydrogens is 450 g/mol. The van der Waals surface area contributed by atoms with Crippen LogP contribution in [0.25, 0.3) is 61.0 Å². The second-order valence-corrected chi connectivity index (χ2v) is 9.58. The first-order valence-corrected chi connectivity index (χ1v) is 12.6. The highest BCUT2D eigenvalue weighted by Gasteiger charge is 2.17. The molecular formula is C34H25N3. The molecule has 176 valence electrons. The van der Waals surface area contributed by atoms with Gasteiger partial charge in [0.1, 0.15) is 0 Å². The average molecular weight is 476 g/mol. The Kier molecular flexibility index (Phi) is 4.90. The van der Waals surface area contributed by atoms with Crippen LogP contribution in [0.15, 0.2) is 115 Å². The number of para-hydroxylation sites is 1. The van der Waals surface area contributed by atoms with Crippen molar-refractivity contribution < 1.29 is 0 Å². The molecule has 37 heavy (non-hydrogen) atoms. The molecule has 0 fully saturated rings. The lowest BCUT2D eigenvalue weighted by Gasteiger charge is -2.13. The van der Waals surface area contributed by atoms with Crippen molar-refractivity contribution in [1.29, 1.82) is 0 Å². The Morgan fingerprint density at radius 3 is 2.05 bits per heavy atom. The Morgan fingerprint density at radius 1 is 0.568 bits per heavy atom. The first-order valence-electron chi connectivity index (χ1n) is 12.6. The summed E-state index contributed by atoms with van der Waals surface area (Å²) in [5, 5.41) is 3.63. The summed E-state index contributed by atoms with van der Waals surface area (Å²) >= 11 is 0. The average Bonchev–Trinajstić information content (AvgIpc) is 3.30. The standard InChI is InChI=1S/C34H25N3/c1-22-17-20-31-32(23(22)2)27-15-9-10-16-30(27)37(31)26-18-19-29-28(21-26)33(24-11-5-3-6-12-24)36-34(35-29)25-13-7-4-8-14-25/h3-21H,1-2H3. The van der Waals surface area contributed by atoms with E-state index in [-0.39, 0.29) is 0 Å². The molecule has 0 aliphatic rings. The molecule has 3 heteroatoms. The first kappa shape index (κ1) is 21.5. The van der Waals surface area contributed by atoms with Gasteiger partial charge in [0.2, 0.25) is 0 Å². The maximum absolute atomic E-state index is 5.09. The van der Waals surface area contributed by atoms with E-state index in [4.69, 9.17) is 9.97 Å². The Labute approximate surface area is 215 Å². The van der Waals surface area contributed by atoms with Gasteiger partial charge in [-0.3, -0.25) is 0 Å². The number of aromatic nitrogens is 3. The fourth-order valence-corrected chi connectivity index (χ4v) is 5.40. The van der Waals surface area contributed by atoms with Gasteiger partial charge in [-0.05, 0) is 55.3 Å². The van der Waals surface area contributed by atoms with Crippen molar-refractivity contribution in [2.24, 2.45) is 0 Å². The summed E-state index contributed by atoms with van der Waals surface area (Å²) in [6.07, 6.45) is 0. The summed E-state index contributed by atoms with van der Waals surface area (Å²) in [6.45, 7) is 4.41. The number of fused-ring (bicyclic) bond motifs is 4. The number of hydrogen-bond acceptors (Lipinski definition) is 2. The molecule has 0 N–H and O–H groups in total. The van der Waals surface area contributed by atoms with Crippen molar-refractivity contribution in [1.82, 2.24) is 14.5 Å². The van der Waals surface area contributed by atoms with Gasteiger partial charge in [0, 0.05) is 33.0 Å². The molecule has 0 radical (unpaired) electrons. The number of benzene rings is 5. The van der Waals surface area contributed by atoms with Crippen molar-refractivity contribution >= 4 is 32.7 Å². The predicted octanol–water partition coefficient (Wildman–Crippen LogP) is 8.68. The molecule has 0 aliphatic heterocycles. The van der Waals surface area contributed by atoms with Gasteiger partial charge in [0.25, 0.3) is 0 Å². The number of aryl methyl sites for hydroxylation is 2. The molecule has 7 aromatic rings. The third-order valence-corrected chi connectivity index (χ3v) is 7.39. The van der Waals surface area contributed by atoms with E-state index in [1.165, 1.54) is 32.9 Å². The molecule has 0 saturated carbocycles. The van der Waals surface area contributed by atoms with Gasteiger partial charge < -0.3 is 4.57 Å². The van der Waals surface area contributed by atoms with Crippen molar-refractivity contribution in [2.75, 3.05) is 0 Å². The fourth-order valence-electron chi connectivity index (χ4n) is 5.40. The molecule has 0 aliphatic carbocycles. The van der Waals surface area contributed by atoms with E-state index in [0.29, 0.717) is 0 Å². The highest BCUT2D eigenvalue weighted by Crippen LogP contribution is 2.37. The molecule has 2 aromatic heterocycles. The van der Waals surface area contributed by atoms with Gasteiger partial charge in [0.15, 0.2) is 5.82 Å². The molecule has 7 rings (SSSR count). The summed E-state index contributed by atoms with van der Waals surface area (Å²) in [6, 6.07) is 40.3. The molecule has 0 spiro atoms. The second-order valence-electron chi connectivity index (χ2n) is 9.58. The van der Waals surface area contributed by atoms with Crippen LogP contribution < -0.4 is 0 Å². The minimum atomic E-state index is 0.739. The lowest BCUT2D eigenvalue weighted by Crippen LogP contribution is -1.98. The van der Waals surface area contributed by atoms with E-state index >= 15 is 0 Å². The monoisotopic (exact) mass is 475 g/mol. The fraction of sp³-hybridized carbons (Fsp3) is 0.0588. The Balaban J connectivity index is 1.54. The zero-order valence-corrected chi connectivity index (χ0v) is 20.8. The van der Waals surface area contributed by atoms with Crippen LogP contribution in [-0.2, 0) is 0 Å². The van der Waals surface area contributed by atoms with E-state index in [2.05, 4.69) is 109 Å². The van der Waals surface area contributed by atoms with E-state index in [1.807, 2.05) is 24.3 Å². The smallest absolute Gasteiger partial charge is 0.160 e. The summed E-state index contributed by atoms with van der Waals surface area (Å²) in [5.74, 6) is 0.739.